The maximum absolute atomic E-state index is 11.6. The predicted molar refractivity (Wildman–Crippen MR) is 60.8 cm³/mol. The lowest BCUT2D eigenvalue weighted by Crippen LogP contribution is -2.30. The van der Waals surface area contributed by atoms with Gasteiger partial charge in [-0.15, -0.1) is 0 Å². The van der Waals surface area contributed by atoms with Crippen LogP contribution in [0.25, 0.3) is 0 Å². The van der Waals surface area contributed by atoms with E-state index < -0.39 is 11.4 Å². The molecule has 0 rings (SSSR count). The fraction of sp³-hybridized carbons (Fsp3) is 0.667. The van der Waals surface area contributed by atoms with Crippen molar-refractivity contribution in [3.05, 3.63) is 11.6 Å². The first-order valence-electron chi connectivity index (χ1n) is 5.27. The molecule has 0 aliphatic heterocycles. The molecule has 0 saturated heterocycles. The largest absolute Gasteiger partial charge is 0.469 e. The summed E-state index contributed by atoms with van der Waals surface area (Å²) in [5.74, 6) is -0.704. The van der Waals surface area contributed by atoms with E-state index in [1.54, 1.807) is 19.9 Å². The highest BCUT2D eigenvalue weighted by molar-refractivity contribution is 5.90. The summed E-state index contributed by atoms with van der Waals surface area (Å²) in [6.07, 6.45) is 2.61. The topological polar surface area (TPSA) is 52.6 Å². The van der Waals surface area contributed by atoms with Crippen LogP contribution in [0.2, 0.25) is 0 Å². The van der Waals surface area contributed by atoms with Crippen molar-refractivity contribution in [2.45, 2.75) is 33.6 Å². The lowest BCUT2D eigenvalue weighted by molar-refractivity contribution is -0.152. The average molecular weight is 228 g/mol. The van der Waals surface area contributed by atoms with Gasteiger partial charge in [0.2, 0.25) is 0 Å². The van der Waals surface area contributed by atoms with Gasteiger partial charge in [0.1, 0.15) is 0 Å². The quantitative estimate of drug-likeness (QED) is 0.534. The Morgan fingerprint density at radius 2 is 1.81 bits per heavy atom. The molecule has 16 heavy (non-hydrogen) atoms. The molecule has 0 spiro atoms. The molecule has 1 atom stereocenters. The summed E-state index contributed by atoms with van der Waals surface area (Å²) in [5, 5.41) is 0. The van der Waals surface area contributed by atoms with Crippen LogP contribution in [0.4, 0.5) is 0 Å². The number of hydrogen-bond donors (Lipinski definition) is 0. The summed E-state index contributed by atoms with van der Waals surface area (Å²) in [4.78, 5) is 23.0. The number of hydrogen-bond acceptors (Lipinski definition) is 4. The highest BCUT2D eigenvalue weighted by Crippen LogP contribution is 2.31. The second-order valence-corrected chi connectivity index (χ2v) is 3.89. The second kappa shape index (κ2) is 6.30. The third-order valence-electron chi connectivity index (χ3n) is 2.84. The molecule has 4 nitrogen and oxygen atoms in total. The van der Waals surface area contributed by atoms with E-state index in [1.165, 1.54) is 14.2 Å². The Labute approximate surface area is 96.6 Å². The molecule has 0 aromatic rings. The maximum atomic E-state index is 11.6. The Kier molecular flexibility index (Phi) is 5.78. The van der Waals surface area contributed by atoms with Crippen molar-refractivity contribution < 1.29 is 19.1 Å². The summed E-state index contributed by atoms with van der Waals surface area (Å²) in [5.41, 5.74) is -0.178. The van der Waals surface area contributed by atoms with E-state index in [9.17, 15) is 9.59 Å². The molecule has 0 heterocycles. The van der Waals surface area contributed by atoms with Crippen LogP contribution in [0.15, 0.2) is 11.6 Å². The van der Waals surface area contributed by atoms with Crippen LogP contribution in [0.5, 0.6) is 0 Å². The molecule has 4 heteroatoms. The van der Waals surface area contributed by atoms with E-state index in [2.05, 4.69) is 4.74 Å². The molecule has 0 N–H and O–H groups in total. The Morgan fingerprint density at radius 3 is 2.12 bits per heavy atom. The second-order valence-electron chi connectivity index (χ2n) is 3.89. The van der Waals surface area contributed by atoms with Crippen LogP contribution >= 0.6 is 0 Å². The Morgan fingerprint density at radius 1 is 1.25 bits per heavy atom. The first-order valence-corrected chi connectivity index (χ1v) is 5.27. The zero-order valence-corrected chi connectivity index (χ0v) is 10.6. The third-order valence-corrected chi connectivity index (χ3v) is 2.84. The van der Waals surface area contributed by atoms with Gasteiger partial charge in [0.05, 0.1) is 19.6 Å². The van der Waals surface area contributed by atoms with Crippen molar-refractivity contribution in [1.82, 2.24) is 0 Å². The summed E-state index contributed by atoms with van der Waals surface area (Å²) < 4.78 is 9.39. The van der Waals surface area contributed by atoms with Crippen LogP contribution < -0.4 is 0 Å². The molecule has 0 amide bonds. The lowest BCUT2D eigenvalue weighted by atomic mass is 9.81. The van der Waals surface area contributed by atoms with E-state index in [4.69, 9.17) is 4.74 Å². The van der Waals surface area contributed by atoms with Crippen molar-refractivity contribution >= 4 is 11.9 Å². The minimum absolute atomic E-state index is 0.307. The molecule has 0 aliphatic rings. The van der Waals surface area contributed by atoms with Gasteiger partial charge in [0.15, 0.2) is 0 Å². The molecule has 0 aromatic heterocycles. The van der Waals surface area contributed by atoms with Crippen LogP contribution in [0.1, 0.15) is 33.6 Å². The molecule has 0 aliphatic carbocycles. The van der Waals surface area contributed by atoms with E-state index in [1.807, 2.05) is 6.92 Å². The monoisotopic (exact) mass is 228 g/mol. The SMILES string of the molecule is CC=C(CC(C)(CC)C(=O)OC)C(=O)OC. The van der Waals surface area contributed by atoms with Crippen molar-refractivity contribution in [2.24, 2.45) is 5.41 Å². The van der Waals surface area contributed by atoms with E-state index in [0.29, 0.717) is 18.4 Å². The van der Waals surface area contributed by atoms with Gasteiger partial charge in [-0.05, 0) is 26.7 Å². The van der Waals surface area contributed by atoms with Gasteiger partial charge in [-0.1, -0.05) is 13.0 Å². The molecule has 0 fully saturated rings. The zero-order chi connectivity index (χ0) is 12.8. The maximum Gasteiger partial charge on any atom is 0.333 e. The van der Waals surface area contributed by atoms with Crippen molar-refractivity contribution in [2.75, 3.05) is 14.2 Å². The van der Waals surface area contributed by atoms with Crippen LogP contribution in [-0.2, 0) is 19.1 Å². The van der Waals surface area contributed by atoms with Crippen LogP contribution in [-0.4, -0.2) is 26.2 Å². The molecule has 0 saturated carbocycles. The minimum atomic E-state index is -0.676. The first-order chi connectivity index (χ1) is 7.45. The molecule has 0 aromatic carbocycles. The van der Waals surface area contributed by atoms with Crippen molar-refractivity contribution in [1.29, 1.82) is 0 Å². The van der Waals surface area contributed by atoms with Crippen LogP contribution in [0, 0.1) is 5.41 Å². The predicted octanol–water partition coefficient (Wildman–Crippen LogP) is 2.09. The van der Waals surface area contributed by atoms with E-state index in [0.717, 1.165) is 0 Å². The highest BCUT2D eigenvalue weighted by atomic mass is 16.5. The van der Waals surface area contributed by atoms with E-state index in [-0.39, 0.29) is 5.97 Å². The van der Waals surface area contributed by atoms with Crippen molar-refractivity contribution in [3.8, 4) is 0 Å². The molecule has 0 bridgehead atoms. The fourth-order valence-electron chi connectivity index (χ4n) is 1.43. The number of rotatable bonds is 5. The summed E-state index contributed by atoms with van der Waals surface area (Å²) in [7, 11) is 2.68. The Bertz CT molecular complexity index is 293. The molecular weight excluding hydrogens is 208 g/mol. The number of ether oxygens (including phenoxy) is 2. The number of allylic oxidation sites excluding steroid dienone is 1. The van der Waals surface area contributed by atoms with Gasteiger partial charge < -0.3 is 9.47 Å². The number of methoxy groups -OCH3 is 2. The Balaban J connectivity index is 4.90. The summed E-state index contributed by atoms with van der Waals surface area (Å²) >= 11 is 0. The smallest absolute Gasteiger partial charge is 0.333 e. The van der Waals surface area contributed by atoms with Gasteiger partial charge in [-0.3, -0.25) is 4.79 Å². The van der Waals surface area contributed by atoms with Gasteiger partial charge in [-0.2, -0.15) is 0 Å². The van der Waals surface area contributed by atoms with E-state index >= 15 is 0 Å². The summed E-state index contributed by atoms with van der Waals surface area (Å²) in [6, 6.07) is 0. The van der Waals surface area contributed by atoms with Crippen LogP contribution in [0.3, 0.4) is 0 Å². The molecule has 0 radical (unpaired) electrons. The lowest BCUT2D eigenvalue weighted by Gasteiger charge is -2.25. The molecule has 1 unspecified atom stereocenters. The fourth-order valence-corrected chi connectivity index (χ4v) is 1.43. The number of carbonyl (C=O) groups is 2. The first kappa shape index (κ1) is 14.7. The molecule has 92 valence electrons. The molecular formula is C12H20O4. The van der Waals surface area contributed by atoms with Gasteiger partial charge >= 0.3 is 11.9 Å². The summed E-state index contributed by atoms with van der Waals surface area (Å²) in [6.45, 7) is 5.42. The van der Waals surface area contributed by atoms with Gasteiger partial charge in [0, 0.05) is 5.57 Å². The standard InChI is InChI=1S/C12H20O4/c1-6-9(10(13)15-4)8-12(3,7-2)11(14)16-5/h6H,7-8H2,1-5H3. The normalized spacial score (nSPS) is 15.2. The Hall–Kier alpha value is -1.32. The number of esters is 2. The highest BCUT2D eigenvalue weighted by Gasteiger charge is 2.34. The van der Waals surface area contributed by atoms with Crippen molar-refractivity contribution in [3.63, 3.8) is 0 Å². The average Bonchev–Trinajstić information content (AvgIpc) is 2.33. The van der Waals surface area contributed by atoms with Gasteiger partial charge in [-0.25, -0.2) is 4.79 Å². The number of carbonyl (C=O) groups excluding carboxylic acids is 2. The third kappa shape index (κ3) is 3.36. The van der Waals surface area contributed by atoms with Gasteiger partial charge in [0.25, 0.3) is 0 Å². The minimum Gasteiger partial charge on any atom is -0.469 e. The zero-order valence-electron chi connectivity index (χ0n) is 10.6.